The average molecular weight is 399 g/mol. The first kappa shape index (κ1) is 20.8. The van der Waals surface area contributed by atoms with Crippen molar-refractivity contribution in [3.63, 3.8) is 0 Å². The molecule has 0 radical (unpaired) electrons. The minimum Gasteiger partial charge on any atom is -0.497 e. The van der Waals surface area contributed by atoms with Crippen LogP contribution in [0.4, 0.5) is 0 Å². The van der Waals surface area contributed by atoms with Gasteiger partial charge in [0.05, 0.1) is 19.8 Å². The molecular formula is C23H29NO5. The van der Waals surface area contributed by atoms with Crippen LogP contribution in [-0.4, -0.2) is 32.8 Å². The first-order chi connectivity index (χ1) is 14.1. The molecule has 0 fully saturated rings. The van der Waals surface area contributed by atoms with Gasteiger partial charge in [0, 0.05) is 6.42 Å². The molecule has 1 amide bonds. The van der Waals surface area contributed by atoms with E-state index in [4.69, 9.17) is 18.9 Å². The van der Waals surface area contributed by atoms with Crippen molar-refractivity contribution in [2.75, 3.05) is 26.9 Å². The highest BCUT2D eigenvalue weighted by Gasteiger charge is 2.21. The summed E-state index contributed by atoms with van der Waals surface area (Å²) in [5.74, 6) is 3.30. The fraction of sp³-hybridized carbons (Fsp3) is 0.435. The Bertz CT molecular complexity index is 803. The van der Waals surface area contributed by atoms with Crippen LogP contribution in [0.15, 0.2) is 42.5 Å². The van der Waals surface area contributed by atoms with E-state index in [-0.39, 0.29) is 17.9 Å². The lowest BCUT2D eigenvalue weighted by molar-refractivity contribution is -0.122. The topological polar surface area (TPSA) is 66.0 Å². The summed E-state index contributed by atoms with van der Waals surface area (Å²) < 4.78 is 22.1. The smallest absolute Gasteiger partial charge is 0.220 e. The summed E-state index contributed by atoms with van der Waals surface area (Å²) in [6.45, 7) is 5.78. The Hall–Kier alpha value is -2.89. The molecule has 0 spiro atoms. The van der Waals surface area contributed by atoms with Gasteiger partial charge in [0.25, 0.3) is 0 Å². The van der Waals surface area contributed by atoms with Crippen LogP contribution in [0.1, 0.15) is 38.3 Å². The van der Waals surface area contributed by atoms with Crippen LogP contribution in [0.3, 0.4) is 0 Å². The summed E-state index contributed by atoms with van der Waals surface area (Å²) in [6.07, 6.45) is 1.05. The highest BCUT2D eigenvalue weighted by atomic mass is 16.6. The van der Waals surface area contributed by atoms with Crippen LogP contribution in [0.5, 0.6) is 23.0 Å². The van der Waals surface area contributed by atoms with Crippen LogP contribution in [0, 0.1) is 5.92 Å². The first-order valence-electron chi connectivity index (χ1n) is 10.0. The Morgan fingerprint density at radius 1 is 1.03 bits per heavy atom. The maximum Gasteiger partial charge on any atom is 0.220 e. The number of benzene rings is 2. The quantitative estimate of drug-likeness (QED) is 0.642. The third-order valence-corrected chi connectivity index (χ3v) is 4.78. The van der Waals surface area contributed by atoms with E-state index in [1.165, 1.54) is 0 Å². The van der Waals surface area contributed by atoms with Gasteiger partial charge in [0.1, 0.15) is 24.7 Å². The molecule has 0 aromatic heterocycles. The molecule has 6 heteroatoms. The first-order valence-corrected chi connectivity index (χ1v) is 10.0. The molecular weight excluding hydrogens is 370 g/mol. The Kier molecular flexibility index (Phi) is 7.22. The molecule has 3 rings (SSSR count). The summed E-state index contributed by atoms with van der Waals surface area (Å²) in [5, 5.41) is 3.15. The summed E-state index contributed by atoms with van der Waals surface area (Å²) >= 11 is 0. The van der Waals surface area contributed by atoms with Gasteiger partial charge < -0.3 is 24.3 Å². The predicted octanol–water partition coefficient (Wildman–Crippen LogP) is 4.14. The zero-order valence-corrected chi connectivity index (χ0v) is 17.3. The fourth-order valence-electron chi connectivity index (χ4n) is 3.23. The molecule has 0 saturated heterocycles. The molecule has 0 aliphatic carbocycles. The number of ether oxygens (including phenoxy) is 4. The minimum atomic E-state index is -0.0826. The third kappa shape index (κ3) is 5.79. The number of carbonyl (C=O) groups excluding carboxylic acids is 1. The standard InChI is InChI=1S/C23H29NO5/c1-16(2)23(17-6-11-20-21(15-17)29-14-13-28-20)24-22(25)5-4-12-27-19-9-7-18(26-3)8-10-19/h6-11,15-16,23H,4-5,12-14H2,1-3H3,(H,24,25). The zero-order chi connectivity index (χ0) is 20.6. The van der Waals surface area contributed by atoms with Crippen molar-refractivity contribution < 1.29 is 23.7 Å². The van der Waals surface area contributed by atoms with Gasteiger partial charge in [-0.05, 0) is 54.3 Å². The number of rotatable bonds is 9. The van der Waals surface area contributed by atoms with Crippen molar-refractivity contribution in [1.82, 2.24) is 5.32 Å². The van der Waals surface area contributed by atoms with E-state index < -0.39 is 0 Å². The van der Waals surface area contributed by atoms with Crippen molar-refractivity contribution in [1.29, 1.82) is 0 Å². The third-order valence-electron chi connectivity index (χ3n) is 4.78. The highest BCUT2D eigenvalue weighted by molar-refractivity contribution is 5.76. The molecule has 0 saturated carbocycles. The van der Waals surface area contributed by atoms with Gasteiger partial charge in [-0.25, -0.2) is 0 Å². The van der Waals surface area contributed by atoms with E-state index in [1.54, 1.807) is 7.11 Å². The van der Waals surface area contributed by atoms with Crippen LogP contribution in [0.2, 0.25) is 0 Å². The van der Waals surface area contributed by atoms with Crippen LogP contribution in [0.25, 0.3) is 0 Å². The van der Waals surface area contributed by atoms with Crippen LogP contribution in [-0.2, 0) is 4.79 Å². The number of hydrogen-bond donors (Lipinski definition) is 1. The molecule has 2 aromatic carbocycles. The molecule has 6 nitrogen and oxygen atoms in total. The molecule has 156 valence electrons. The molecule has 1 aliphatic rings. The van der Waals surface area contributed by atoms with Gasteiger partial charge in [-0.3, -0.25) is 4.79 Å². The van der Waals surface area contributed by atoms with E-state index >= 15 is 0 Å². The van der Waals surface area contributed by atoms with Crippen molar-refractivity contribution in [2.45, 2.75) is 32.7 Å². The van der Waals surface area contributed by atoms with Gasteiger partial charge in [0.15, 0.2) is 11.5 Å². The maximum absolute atomic E-state index is 12.5. The lowest BCUT2D eigenvalue weighted by atomic mass is 9.95. The van der Waals surface area contributed by atoms with E-state index in [1.807, 2.05) is 42.5 Å². The second-order valence-corrected chi connectivity index (χ2v) is 7.32. The lowest BCUT2D eigenvalue weighted by Gasteiger charge is -2.25. The van der Waals surface area contributed by atoms with Crippen molar-refractivity contribution in [2.24, 2.45) is 5.92 Å². The maximum atomic E-state index is 12.5. The summed E-state index contributed by atoms with van der Waals surface area (Å²) in [6, 6.07) is 13.2. The molecule has 1 aliphatic heterocycles. The normalized spacial score (nSPS) is 13.7. The van der Waals surface area contributed by atoms with E-state index in [0.717, 1.165) is 28.6 Å². The number of carbonyl (C=O) groups is 1. The number of amides is 1. The van der Waals surface area contributed by atoms with E-state index in [2.05, 4.69) is 19.2 Å². The largest absolute Gasteiger partial charge is 0.497 e. The molecule has 1 atom stereocenters. The minimum absolute atomic E-state index is 0.0110. The SMILES string of the molecule is COc1ccc(OCCCC(=O)NC(c2ccc3c(c2)OCCO3)C(C)C)cc1. The van der Waals surface area contributed by atoms with Gasteiger partial charge in [-0.1, -0.05) is 19.9 Å². The van der Waals surface area contributed by atoms with Crippen molar-refractivity contribution >= 4 is 5.91 Å². The molecule has 29 heavy (non-hydrogen) atoms. The van der Waals surface area contributed by atoms with Gasteiger partial charge >= 0.3 is 0 Å². The van der Waals surface area contributed by atoms with Crippen molar-refractivity contribution in [3.05, 3.63) is 48.0 Å². The molecule has 2 aromatic rings. The second kappa shape index (κ2) is 10.0. The van der Waals surface area contributed by atoms with Crippen LogP contribution < -0.4 is 24.3 Å². The van der Waals surface area contributed by atoms with Gasteiger partial charge in [0.2, 0.25) is 5.91 Å². The van der Waals surface area contributed by atoms with Crippen molar-refractivity contribution in [3.8, 4) is 23.0 Å². The Morgan fingerprint density at radius 3 is 2.41 bits per heavy atom. The Balaban J connectivity index is 1.49. The lowest BCUT2D eigenvalue weighted by Crippen LogP contribution is -2.32. The summed E-state index contributed by atoms with van der Waals surface area (Å²) in [5.41, 5.74) is 1.02. The monoisotopic (exact) mass is 399 g/mol. The number of nitrogens with one attached hydrogen (secondary N) is 1. The summed E-state index contributed by atoms with van der Waals surface area (Å²) in [7, 11) is 1.63. The highest BCUT2D eigenvalue weighted by Crippen LogP contribution is 2.34. The zero-order valence-electron chi connectivity index (χ0n) is 17.3. The molecule has 0 bridgehead atoms. The predicted molar refractivity (Wildman–Crippen MR) is 111 cm³/mol. The molecule has 1 heterocycles. The number of hydrogen-bond acceptors (Lipinski definition) is 5. The van der Waals surface area contributed by atoms with Gasteiger partial charge in [-0.15, -0.1) is 0 Å². The molecule has 1 unspecified atom stereocenters. The Morgan fingerprint density at radius 2 is 1.72 bits per heavy atom. The van der Waals surface area contributed by atoms with Crippen LogP contribution >= 0.6 is 0 Å². The summed E-state index contributed by atoms with van der Waals surface area (Å²) in [4.78, 5) is 12.5. The average Bonchev–Trinajstić information content (AvgIpc) is 2.75. The fourth-order valence-corrected chi connectivity index (χ4v) is 3.23. The van der Waals surface area contributed by atoms with Gasteiger partial charge in [-0.2, -0.15) is 0 Å². The van der Waals surface area contributed by atoms with E-state index in [0.29, 0.717) is 32.7 Å². The number of methoxy groups -OCH3 is 1. The second-order valence-electron chi connectivity index (χ2n) is 7.32. The number of fused-ring (bicyclic) bond motifs is 1. The molecule has 1 N–H and O–H groups in total. The van der Waals surface area contributed by atoms with E-state index in [9.17, 15) is 4.79 Å². The Labute approximate surface area is 172 Å².